The summed E-state index contributed by atoms with van der Waals surface area (Å²) in [4.78, 5) is 16.9. The van der Waals surface area contributed by atoms with Crippen LogP contribution in [0.15, 0.2) is 54.6 Å². The van der Waals surface area contributed by atoms with Crippen LogP contribution in [0, 0.1) is 0 Å². The number of carbonyl (C=O) groups is 1. The number of ether oxygens (including phenoxy) is 2. The van der Waals surface area contributed by atoms with Crippen LogP contribution in [-0.4, -0.2) is 91.9 Å². The Morgan fingerprint density at radius 2 is 1.76 bits per heavy atom. The predicted molar refractivity (Wildman–Crippen MR) is 126 cm³/mol. The summed E-state index contributed by atoms with van der Waals surface area (Å²) in [6.45, 7) is 3.12. The van der Waals surface area contributed by atoms with E-state index in [9.17, 15) is 15.0 Å². The fourth-order valence-electron chi connectivity index (χ4n) is 4.56. The van der Waals surface area contributed by atoms with Gasteiger partial charge in [0.1, 0.15) is 18.0 Å². The second-order valence-electron chi connectivity index (χ2n) is 8.30. The zero-order valence-electron chi connectivity index (χ0n) is 18.8. The van der Waals surface area contributed by atoms with Gasteiger partial charge in [0.2, 0.25) is 0 Å². The van der Waals surface area contributed by atoms with Gasteiger partial charge in [-0.25, -0.2) is 4.79 Å². The van der Waals surface area contributed by atoms with Crippen molar-refractivity contribution < 1.29 is 24.5 Å². The fourth-order valence-corrected chi connectivity index (χ4v) is 4.56. The number of hydrogen-bond donors (Lipinski definition) is 4. The van der Waals surface area contributed by atoms with E-state index in [0.29, 0.717) is 11.4 Å². The van der Waals surface area contributed by atoms with E-state index in [1.54, 1.807) is 31.4 Å². The molecule has 0 aliphatic carbocycles. The number of carbonyl (C=O) groups excluding carboxylic acids is 1. The molecule has 2 aliphatic heterocycles. The van der Waals surface area contributed by atoms with Gasteiger partial charge in [0.25, 0.3) is 0 Å². The summed E-state index contributed by atoms with van der Waals surface area (Å²) >= 11 is 0. The Morgan fingerprint density at radius 1 is 1.06 bits per heavy atom. The highest BCUT2D eigenvalue weighted by molar-refractivity contribution is 5.89. The van der Waals surface area contributed by atoms with Gasteiger partial charge in [0.15, 0.2) is 0 Å². The summed E-state index contributed by atoms with van der Waals surface area (Å²) in [6.07, 6.45) is -1.92. The van der Waals surface area contributed by atoms with E-state index in [1.165, 1.54) is 5.69 Å². The van der Waals surface area contributed by atoms with E-state index in [-0.39, 0.29) is 25.2 Å². The molecule has 4 N–H and O–H groups in total. The SMILES string of the molecule is COc1ccc(NC(=O)NC[C@H]2O[C@@H](CO)[C@@H](O)C2N2CCN(c3ccccc3)CC2)cc1. The van der Waals surface area contributed by atoms with Crippen LogP contribution in [-0.2, 0) is 4.74 Å². The van der Waals surface area contributed by atoms with Gasteiger partial charge in [-0.3, -0.25) is 4.90 Å². The first-order valence-electron chi connectivity index (χ1n) is 11.3. The number of methoxy groups -OCH3 is 1. The van der Waals surface area contributed by atoms with Crippen LogP contribution in [0.1, 0.15) is 0 Å². The molecule has 0 spiro atoms. The van der Waals surface area contributed by atoms with Gasteiger partial charge >= 0.3 is 6.03 Å². The molecule has 2 aliphatic rings. The topological polar surface area (TPSA) is 107 Å². The molecule has 2 fully saturated rings. The molecule has 178 valence electrons. The zero-order valence-corrected chi connectivity index (χ0v) is 18.8. The number of amides is 2. The molecule has 0 bridgehead atoms. The molecule has 2 aromatic rings. The number of anilines is 2. The molecule has 1 unspecified atom stereocenters. The van der Waals surface area contributed by atoms with Gasteiger partial charge in [-0.1, -0.05) is 18.2 Å². The molecule has 0 radical (unpaired) electrons. The highest BCUT2D eigenvalue weighted by Gasteiger charge is 2.46. The molecule has 2 saturated heterocycles. The highest BCUT2D eigenvalue weighted by Crippen LogP contribution is 2.27. The Balaban J connectivity index is 1.33. The lowest BCUT2D eigenvalue weighted by molar-refractivity contribution is -0.0205. The lowest BCUT2D eigenvalue weighted by Crippen LogP contribution is -2.57. The van der Waals surface area contributed by atoms with Crippen LogP contribution in [0.3, 0.4) is 0 Å². The van der Waals surface area contributed by atoms with Crippen molar-refractivity contribution in [1.29, 1.82) is 0 Å². The average Bonchev–Trinajstić information content (AvgIpc) is 3.19. The third kappa shape index (κ3) is 5.56. The molecular weight excluding hydrogens is 424 g/mol. The van der Waals surface area contributed by atoms with Crippen molar-refractivity contribution in [3.05, 3.63) is 54.6 Å². The van der Waals surface area contributed by atoms with E-state index in [1.807, 2.05) is 18.2 Å². The quantitative estimate of drug-likeness (QED) is 0.495. The largest absolute Gasteiger partial charge is 0.497 e. The monoisotopic (exact) mass is 456 g/mol. The lowest BCUT2D eigenvalue weighted by Gasteiger charge is -2.41. The minimum absolute atomic E-state index is 0.221. The van der Waals surface area contributed by atoms with Gasteiger partial charge in [-0.05, 0) is 36.4 Å². The first kappa shape index (κ1) is 23.3. The molecule has 2 heterocycles. The number of nitrogens with zero attached hydrogens (tertiary/aromatic N) is 2. The number of aliphatic hydroxyl groups is 2. The Labute approximate surface area is 193 Å². The summed E-state index contributed by atoms with van der Waals surface area (Å²) in [7, 11) is 1.59. The Kier molecular flexibility index (Phi) is 7.66. The van der Waals surface area contributed by atoms with Gasteiger partial charge in [-0.15, -0.1) is 0 Å². The molecule has 9 nitrogen and oxygen atoms in total. The zero-order chi connectivity index (χ0) is 23.2. The van der Waals surface area contributed by atoms with Gasteiger partial charge in [0, 0.05) is 44.1 Å². The second kappa shape index (κ2) is 10.8. The van der Waals surface area contributed by atoms with E-state index in [0.717, 1.165) is 26.2 Å². The fraction of sp³-hybridized carbons (Fsp3) is 0.458. The maximum absolute atomic E-state index is 12.4. The van der Waals surface area contributed by atoms with E-state index in [4.69, 9.17) is 9.47 Å². The Morgan fingerprint density at radius 3 is 2.39 bits per heavy atom. The minimum atomic E-state index is -0.824. The number of hydrogen-bond acceptors (Lipinski definition) is 7. The van der Waals surface area contributed by atoms with Crippen LogP contribution >= 0.6 is 0 Å². The number of para-hydroxylation sites is 1. The van der Waals surface area contributed by atoms with Crippen molar-refractivity contribution in [2.24, 2.45) is 0 Å². The lowest BCUT2D eigenvalue weighted by atomic mass is 10.0. The van der Waals surface area contributed by atoms with E-state index in [2.05, 4.69) is 32.6 Å². The van der Waals surface area contributed by atoms with Crippen molar-refractivity contribution in [1.82, 2.24) is 10.2 Å². The summed E-state index contributed by atoms with van der Waals surface area (Å²) < 4.78 is 11.0. The maximum atomic E-state index is 12.4. The van der Waals surface area contributed by atoms with Crippen LogP contribution in [0.2, 0.25) is 0 Å². The molecule has 4 atom stereocenters. The first-order chi connectivity index (χ1) is 16.1. The molecule has 2 amide bonds. The summed E-state index contributed by atoms with van der Waals surface area (Å²) in [5.74, 6) is 0.708. The second-order valence-corrected chi connectivity index (χ2v) is 8.30. The van der Waals surface area contributed by atoms with Crippen molar-refractivity contribution in [3.63, 3.8) is 0 Å². The van der Waals surface area contributed by atoms with Crippen molar-refractivity contribution in [2.75, 3.05) is 56.7 Å². The van der Waals surface area contributed by atoms with Crippen LogP contribution < -0.4 is 20.3 Å². The van der Waals surface area contributed by atoms with Crippen LogP contribution in [0.25, 0.3) is 0 Å². The summed E-state index contributed by atoms with van der Waals surface area (Å²) in [5, 5.41) is 26.1. The third-order valence-corrected chi connectivity index (χ3v) is 6.31. The molecule has 33 heavy (non-hydrogen) atoms. The van der Waals surface area contributed by atoms with Gasteiger partial charge < -0.3 is 35.2 Å². The van der Waals surface area contributed by atoms with Crippen LogP contribution in [0.4, 0.5) is 16.2 Å². The highest BCUT2D eigenvalue weighted by atomic mass is 16.5. The Bertz CT molecular complexity index is 889. The number of aliphatic hydroxyl groups excluding tert-OH is 2. The number of piperazine rings is 1. The standard InChI is InChI=1S/C24H32N4O5/c1-32-19-9-7-17(8-10-19)26-24(31)25-15-20-22(23(30)21(16-29)33-20)28-13-11-27(12-14-28)18-5-3-2-4-6-18/h2-10,20-23,29-30H,11-16H2,1H3,(H2,25,26,31)/t20-,21+,22?,23-/m1/s1. The van der Waals surface area contributed by atoms with Gasteiger partial charge in [-0.2, -0.15) is 0 Å². The third-order valence-electron chi connectivity index (χ3n) is 6.31. The van der Waals surface area contributed by atoms with Crippen molar-refractivity contribution in [2.45, 2.75) is 24.4 Å². The molecule has 4 rings (SSSR count). The number of benzene rings is 2. The average molecular weight is 457 g/mol. The summed E-state index contributed by atoms with van der Waals surface area (Å²) in [5.41, 5.74) is 1.82. The molecule has 2 aromatic carbocycles. The Hall–Kier alpha value is -2.85. The van der Waals surface area contributed by atoms with E-state index >= 15 is 0 Å². The smallest absolute Gasteiger partial charge is 0.319 e. The number of urea groups is 1. The number of nitrogens with one attached hydrogen (secondary N) is 2. The van der Waals surface area contributed by atoms with Crippen molar-refractivity contribution >= 4 is 17.4 Å². The molecule has 0 saturated carbocycles. The van der Waals surface area contributed by atoms with Gasteiger partial charge in [0.05, 0.1) is 25.9 Å². The molecule has 0 aromatic heterocycles. The maximum Gasteiger partial charge on any atom is 0.319 e. The summed E-state index contributed by atoms with van der Waals surface area (Å²) in [6, 6.07) is 16.6. The van der Waals surface area contributed by atoms with E-state index < -0.39 is 18.3 Å². The predicted octanol–water partition coefficient (Wildman–Crippen LogP) is 1.13. The van der Waals surface area contributed by atoms with Crippen LogP contribution in [0.5, 0.6) is 5.75 Å². The first-order valence-corrected chi connectivity index (χ1v) is 11.3. The molecular formula is C24H32N4O5. The number of rotatable bonds is 7. The minimum Gasteiger partial charge on any atom is -0.497 e. The van der Waals surface area contributed by atoms with Crippen molar-refractivity contribution in [3.8, 4) is 5.75 Å². The normalized spacial score (nSPS) is 25.6. The molecule has 9 heteroatoms.